The van der Waals surface area contributed by atoms with Crippen molar-refractivity contribution in [3.63, 3.8) is 0 Å². The fraction of sp³-hybridized carbons (Fsp3) is 0.357. The highest BCUT2D eigenvalue weighted by Crippen LogP contribution is 2.44. The highest BCUT2D eigenvalue weighted by Gasteiger charge is 2.33. The molecule has 2 aromatic carbocycles. The Bertz CT molecular complexity index is 1690. The molecular weight excluding hydrogens is 501 g/mol. The van der Waals surface area contributed by atoms with Gasteiger partial charge in [0.15, 0.2) is 5.82 Å². The van der Waals surface area contributed by atoms with Crippen LogP contribution in [-0.4, -0.2) is 52.4 Å². The van der Waals surface area contributed by atoms with E-state index in [1.807, 2.05) is 4.90 Å². The first kappa shape index (κ1) is 25.0. The highest BCUT2D eigenvalue weighted by atomic mass is 19.1. The summed E-state index contributed by atoms with van der Waals surface area (Å²) in [4.78, 5) is 14.3. The lowest BCUT2D eigenvalue weighted by atomic mass is 9.94. The third kappa shape index (κ3) is 4.31. The molecule has 0 spiro atoms. The van der Waals surface area contributed by atoms with Crippen LogP contribution in [-0.2, 0) is 18.3 Å². The maximum absolute atomic E-state index is 16.6. The minimum Gasteiger partial charge on any atom is -0.489 e. The first-order chi connectivity index (χ1) is 18.9. The number of aromatic amines is 1. The molecule has 1 atom stereocenters. The first-order valence-electron chi connectivity index (χ1n) is 12.9. The Balaban J connectivity index is 1.57. The Kier molecular flexibility index (Phi) is 6.29. The topological polar surface area (TPSA) is 135 Å². The summed E-state index contributed by atoms with van der Waals surface area (Å²) in [6.07, 6.45) is 4.20. The van der Waals surface area contributed by atoms with Crippen LogP contribution in [0.15, 0.2) is 35.3 Å². The summed E-state index contributed by atoms with van der Waals surface area (Å²) in [7, 11) is 3.37. The smallest absolute Gasteiger partial charge is 0.272 e. The molecule has 1 aliphatic carbocycles. The molecule has 200 valence electrons. The van der Waals surface area contributed by atoms with Crippen LogP contribution < -0.4 is 20.9 Å². The van der Waals surface area contributed by atoms with Crippen LogP contribution in [0.1, 0.15) is 30.5 Å². The lowest BCUT2D eigenvalue weighted by Gasteiger charge is -2.23. The molecule has 11 heteroatoms. The summed E-state index contributed by atoms with van der Waals surface area (Å²) in [5, 5.41) is 22.3. The number of nitrogens with one attached hydrogen (secondary N) is 1. The van der Waals surface area contributed by atoms with E-state index < -0.39 is 5.82 Å². The number of ether oxygens (including phenoxy) is 2. The standard InChI is InChI=1S/C28H28FN7O3/c1-35-27(21(13-32-35)15-3-6-18-19(9-15)22(12-31)33-34-28(18)37)25-20(11-30)24(39-16-4-5-16)10-23(26(25)29)36-8-7-17(14-36)38-2/h3,6,9-10,13,16-17H,4-5,7-8,12,14,31H2,1-2H3,(H,34,37). The molecule has 2 aromatic heterocycles. The van der Waals surface area contributed by atoms with Gasteiger partial charge in [-0.2, -0.15) is 15.5 Å². The van der Waals surface area contributed by atoms with Crippen LogP contribution in [0.4, 0.5) is 10.1 Å². The van der Waals surface area contributed by atoms with Crippen molar-refractivity contribution in [2.75, 3.05) is 25.1 Å². The number of benzene rings is 2. The minimum atomic E-state index is -0.516. The minimum absolute atomic E-state index is 0.00495. The molecule has 0 radical (unpaired) electrons. The van der Waals surface area contributed by atoms with Gasteiger partial charge in [0.25, 0.3) is 5.56 Å². The number of fused-ring (bicyclic) bond motifs is 1. The Morgan fingerprint density at radius 1 is 1.23 bits per heavy atom. The van der Waals surface area contributed by atoms with Gasteiger partial charge in [-0.25, -0.2) is 9.49 Å². The van der Waals surface area contributed by atoms with Gasteiger partial charge in [-0.15, -0.1) is 0 Å². The second-order valence-corrected chi connectivity index (χ2v) is 9.97. The van der Waals surface area contributed by atoms with E-state index in [9.17, 15) is 10.1 Å². The highest BCUT2D eigenvalue weighted by molar-refractivity contribution is 5.93. The number of nitriles is 1. The number of nitrogens with two attached hydrogens (primary N) is 1. The molecule has 3 N–H and O–H groups in total. The Labute approximate surface area is 223 Å². The molecule has 2 fully saturated rings. The fourth-order valence-corrected chi connectivity index (χ4v) is 5.27. The monoisotopic (exact) mass is 529 g/mol. The van der Waals surface area contributed by atoms with Crippen LogP contribution >= 0.6 is 0 Å². The summed E-state index contributed by atoms with van der Waals surface area (Å²) in [6, 6.07) is 9.12. The Morgan fingerprint density at radius 2 is 2.05 bits per heavy atom. The van der Waals surface area contributed by atoms with Gasteiger partial charge < -0.3 is 20.1 Å². The number of anilines is 1. The number of nitrogens with zero attached hydrogens (tertiary/aromatic N) is 5. The van der Waals surface area contributed by atoms with E-state index in [1.165, 1.54) is 0 Å². The van der Waals surface area contributed by atoms with Gasteiger partial charge in [0.05, 0.1) is 46.4 Å². The fourth-order valence-electron chi connectivity index (χ4n) is 5.27. The van der Waals surface area contributed by atoms with Crippen molar-refractivity contribution < 1.29 is 13.9 Å². The molecular formula is C28H28FN7O3. The van der Waals surface area contributed by atoms with Crippen molar-refractivity contribution >= 4 is 16.5 Å². The van der Waals surface area contributed by atoms with E-state index in [4.69, 9.17) is 15.2 Å². The number of halogens is 1. The summed E-state index contributed by atoms with van der Waals surface area (Å²) < 4.78 is 29.8. The SMILES string of the molecule is COC1CCN(c2cc(OC3CC3)c(C#N)c(-c3c(-c4ccc5c(=O)[nH]nc(CN)c5c4)cnn3C)c2F)C1. The summed E-state index contributed by atoms with van der Waals surface area (Å²) in [6.45, 7) is 1.29. The van der Waals surface area contributed by atoms with Crippen molar-refractivity contribution in [3.8, 4) is 34.2 Å². The van der Waals surface area contributed by atoms with Crippen molar-refractivity contribution in [3.05, 3.63) is 57.9 Å². The third-order valence-electron chi connectivity index (χ3n) is 7.50. The van der Waals surface area contributed by atoms with Crippen molar-refractivity contribution in [1.29, 1.82) is 5.26 Å². The number of hydrogen-bond acceptors (Lipinski definition) is 8. The molecule has 1 aliphatic heterocycles. The van der Waals surface area contributed by atoms with Crippen LogP contribution in [0.2, 0.25) is 0 Å². The van der Waals surface area contributed by atoms with Gasteiger partial charge >= 0.3 is 0 Å². The molecule has 10 nitrogen and oxygen atoms in total. The maximum atomic E-state index is 16.6. The molecule has 1 saturated carbocycles. The number of rotatable bonds is 7. The number of hydrogen-bond donors (Lipinski definition) is 2. The van der Waals surface area contributed by atoms with Gasteiger partial charge in [0.1, 0.15) is 17.4 Å². The number of methoxy groups -OCH3 is 1. The van der Waals surface area contributed by atoms with Gasteiger partial charge in [-0.05, 0) is 37.0 Å². The first-order valence-corrected chi connectivity index (χ1v) is 12.9. The van der Waals surface area contributed by atoms with Crippen molar-refractivity contribution in [1.82, 2.24) is 20.0 Å². The lowest BCUT2D eigenvalue weighted by molar-refractivity contribution is 0.121. The zero-order valence-corrected chi connectivity index (χ0v) is 21.7. The second-order valence-electron chi connectivity index (χ2n) is 9.97. The molecule has 1 unspecified atom stereocenters. The Hall–Kier alpha value is -4.27. The second kappa shape index (κ2) is 9.80. The molecule has 0 bridgehead atoms. The maximum Gasteiger partial charge on any atom is 0.272 e. The summed E-state index contributed by atoms with van der Waals surface area (Å²) in [5.41, 5.74) is 8.42. The summed E-state index contributed by atoms with van der Waals surface area (Å²) in [5.74, 6) is -0.156. The normalized spacial score (nSPS) is 17.1. The van der Waals surface area contributed by atoms with Crippen molar-refractivity contribution in [2.24, 2.45) is 12.8 Å². The van der Waals surface area contributed by atoms with Crippen LogP contribution in [0.3, 0.4) is 0 Å². The summed E-state index contributed by atoms with van der Waals surface area (Å²) >= 11 is 0. The zero-order chi connectivity index (χ0) is 27.3. The van der Waals surface area contributed by atoms with E-state index in [0.29, 0.717) is 57.8 Å². The molecule has 1 saturated heterocycles. The number of aromatic nitrogens is 4. The van der Waals surface area contributed by atoms with E-state index in [2.05, 4.69) is 21.4 Å². The largest absolute Gasteiger partial charge is 0.489 e. The quantitative estimate of drug-likeness (QED) is 0.373. The van der Waals surface area contributed by atoms with Crippen molar-refractivity contribution in [2.45, 2.75) is 38.0 Å². The predicted octanol–water partition coefficient (Wildman–Crippen LogP) is 3.23. The molecule has 4 aromatic rings. The molecule has 6 rings (SSSR count). The lowest BCUT2D eigenvalue weighted by Crippen LogP contribution is -2.24. The van der Waals surface area contributed by atoms with E-state index in [1.54, 1.807) is 49.3 Å². The number of aryl methyl sites for hydroxylation is 1. The van der Waals surface area contributed by atoms with Gasteiger partial charge in [-0.1, -0.05) is 6.07 Å². The predicted molar refractivity (Wildman–Crippen MR) is 144 cm³/mol. The number of H-pyrrole nitrogens is 1. The van der Waals surface area contributed by atoms with Gasteiger partial charge in [0, 0.05) is 50.8 Å². The molecule has 0 amide bonds. The molecule has 2 aliphatic rings. The van der Waals surface area contributed by atoms with Gasteiger partial charge in [-0.3, -0.25) is 9.48 Å². The zero-order valence-electron chi connectivity index (χ0n) is 21.7. The van der Waals surface area contributed by atoms with Gasteiger partial charge in [0.2, 0.25) is 0 Å². The average molecular weight is 530 g/mol. The molecule has 3 heterocycles. The van der Waals surface area contributed by atoms with Crippen LogP contribution in [0.25, 0.3) is 33.2 Å². The van der Waals surface area contributed by atoms with Crippen LogP contribution in [0, 0.1) is 17.1 Å². The van der Waals surface area contributed by atoms with E-state index in [0.717, 1.165) is 19.3 Å². The molecule has 39 heavy (non-hydrogen) atoms. The Morgan fingerprint density at radius 3 is 2.74 bits per heavy atom. The van der Waals surface area contributed by atoms with E-state index in [-0.39, 0.29) is 35.4 Å². The third-order valence-corrected chi connectivity index (χ3v) is 7.50. The van der Waals surface area contributed by atoms with E-state index >= 15 is 4.39 Å². The van der Waals surface area contributed by atoms with Crippen LogP contribution in [0.5, 0.6) is 5.75 Å². The average Bonchev–Trinajstić information content (AvgIpc) is 3.49.